The van der Waals surface area contributed by atoms with Gasteiger partial charge in [-0.1, -0.05) is 0 Å². The average Bonchev–Trinajstić information content (AvgIpc) is 2.63. The van der Waals surface area contributed by atoms with Crippen molar-refractivity contribution in [3.63, 3.8) is 0 Å². The van der Waals surface area contributed by atoms with Crippen LogP contribution in [0.5, 0.6) is 0 Å². The lowest BCUT2D eigenvalue weighted by atomic mass is 9.87. The molecule has 0 saturated carbocycles. The summed E-state index contributed by atoms with van der Waals surface area (Å²) in [4.78, 5) is 13.0. The van der Waals surface area contributed by atoms with Crippen molar-refractivity contribution in [2.75, 3.05) is 45.4 Å². The highest BCUT2D eigenvalue weighted by Gasteiger charge is 2.43. The summed E-state index contributed by atoms with van der Waals surface area (Å²) in [6.45, 7) is 1.31. The van der Waals surface area contributed by atoms with Crippen molar-refractivity contribution < 1.29 is 23.1 Å². The summed E-state index contributed by atoms with van der Waals surface area (Å²) in [7, 11) is -1.28. The fourth-order valence-electron chi connectivity index (χ4n) is 1.89. The first kappa shape index (κ1) is 14.4. The van der Waals surface area contributed by atoms with E-state index in [1.165, 1.54) is 6.26 Å². The predicted octanol–water partition coefficient (Wildman–Crippen LogP) is -0.546. The van der Waals surface area contributed by atoms with Crippen LogP contribution in [0.1, 0.15) is 6.42 Å². The van der Waals surface area contributed by atoms with E-state index in [0.29, 0.717) is 26.1 Å². The van der Waals surface area contributed by atoms with Crippen LogP contribution in [0.15, 0.2) is 0 Å². The molecule has 0 aromatic heterocycles. The van der Waals surface area contributed by atoms with Crippen LogP contribution >= 0.6 is 0 Å². The van der Waals surface area contributed by atoms with Gasteiger partial charge in [0.1, 0.15) is 15.3 Å². The standard InChI is InChI=1S/C10H19NO5S/c1-11(4-6-17(2,14)15)7-10(9(12)13)3-5-16-8-10/h3-8H2,1-2H3,(H,12,13). The van der Waals surface area contributed by atoms with Crippen molar-refractivity contribution in [1.82, 2.24) is 4.90 Å². The Kier molecular flexibility index (Phi) is 4.51. The third-order valence-electron chi connectivity index (χ3n) is 2.97. The van der Waals surface area contributed by atoms with Crippen molar-refractivity contribution in [1.29, 1.82) is 0 Å². The zero-order valence-electron chi connectivity index (χ0n) is 10.2. The molecule has 0 aliphatic carbocycles. The largest absolute Gasteiger partial charge is 0.481 e. The Balaban J connectivity index is 2.54. The molecule has 1 rings (SSSR count). The Labute approximate surface area is 101 Å². The topological polar surface area (TPSA) is 83.9 Å². The summed E-state index contributed by atoms with van der Waals surface area (Å²) in [6, 6.07) is 0. The molecule has 1 saturated heterocycles. The molecule has 7 heteroatoms. The first-order valence-corrected chi connectivity index (χ1v) is 7.49. The molecule has 1 unspecified atom stereocenters. The zero-order valence-corrected chi connectivity index (χ0v) is 11.0. The molecule has 100 valence electrons. The fraction of sp³-hybridized carbons (Fsp3) is 0.900. The number of aliphatic carboxylic acids is 1. The van der Waals surface area contributed by atoms with Crippen LogP contribution in [0.25, 0.3) is 0 Å². The van der Waals surface area contributed by atoms with Crippen molar-refractivity contribution in [3.05, 3.63) is 0 Å². The zero-order chi connectivity index (χ0) is 13.1. The second-order valence-electron chi connectivity index (χ2n) is 4.76. The maximum Gasteiger partial charge on any atom is 0.313 e. The minimum Gasteiger partial charge on any atom is -0.481 e. The van der Waals surface area contributed by atoms with Crippen molar-refractivity contribution >= 4 is 15.8 Å². The van der Waals surface area contributed by atoms with Gasteiger partial charge in [-0.2, -0.15) is 0 Å². The molecule has 1 N–H and O–H groups in total. The van der Waals surface area contributed by atoms with Crippen LogP contribution in [0.4, 0.5) is 0 Å². The van der Waals surface area contributed by atoms with Gasteiger partial charge in [0.2, 0.25) is 0 Å². The van der Waals surface area contributed by atoms with Gasteiger partial charge in [0.15, 0.2) is 0 Å². The SMILES string of the molecule is CN(CCS(C)(=O)=O)CC1(C(=O)O)CCOC1. The summed E-state index contributed by atoms with van der Waals surface area (Å²) < 4.78 is 27.2. The molecule has 1 aliphatic heterocycles. The summed E-state index contributed by atoms with van der Waals surface area (Å²) in [5, 5.41) is 9.22. The summed E-state index contributed by atoms with van der Waals surface area (Å²) >= 11 is 0. The highest BCUT2D eigenvalue weighted by Crippen LogP contribution is 2.29. The molecule has 1 aliphatic rings. The number of hydrogen-bond donors (Lipinski definition) is 1. The lowest BCUT2D eigenvalue weighted by molar-refractivity contribution is -0.150. The van der Waals surface area contributed by atoms with Crippen LogP contribution in [0.3, 0.4) is 0 Å². The van der Waals surface area contributed by atoms with E-state index in [0.717, 1.165) is 0 Å². The van der Waals surface area contributed by atoms with E-state index >= 15 is 0 Å². The Morgan fingerprint density at radius 2 is 2.18 bits per heavy atom. The quantitative estimate of drug-likeness (QED) is 0.694. The van der Waals surface area contributed by atoms with E-state index < -0.39 is 21.2 Å². The van der Waals surface area contributed by atoms with Crippen molar-refractivity contribution in [2.45, 2.75) is 6.42 Å². The van der Waals surface area contributed by atoms with E-state index in [4.69, 9.17) is 4.74 Å². The van der Waals surface area contributed by atoms with Gasteiger partial charge in [-0.15, -0.1) is 0 Å². The molecule has 1 fully saturated rings. The van der Waals surface area contributed by atoms with Crippen molar-refractivity contribution in [3.8, 4) is 0 Å². The Hall–Kier alpha value is -0.660. The van der Waals surface area contributed by atoms with Gasteiger partial charge >= 0.3 is 5.97 Å². The number of nitrogens with zero attached hydrogens (tertiary/aromatic N) is 1. The summed E-state index contributed by atoms with van der Waals surface area (Å²) in [5.41, 5.74) is -0.883. The molecule has 17 heavy (non-hydrogen) atoms. The highest BCUT2D eigenvalue weighted by atomic mass is 32.2. The molecule has 6 nitrogen and oxygen atoms in total. The van der Waals surface area contributed by atoms with Crippen LogP contribution in [-0.4, -0.2) is 69.8 Å². The molecule has 0 radical (unpaired) electrons. The van der Waals surface area contributed by atoms with Gasteiger partial charge < -0.3 is 14.7 Å². The number of rotatable bonds is 6. The van der Waals surface area contributed by atoms with Crippen LogP contribution in [-0.2, 0) is 19.4 Å². The smallest absolute Gasteiger partial charge is 0.313 e. The monoisotopic (exact) mass is 265 g/mol. The van der Waals surface area contributed by atoms with Crippen molar-refractivity contribution in [2.24, 2.45) is 5.41 Å². The highest BCUT2D eigenvalue weighted by molar-refractivity contribution is 7.90. The molecule has 0 amide bonds. The first-order valence-electron chi connectivity index (χ1n) is 5.43. The molecular formula is C10H19NO5S. The molecule has 1 atom stereocenters. The third kappa shape index (κ3) is 4.25. The number of carboxylic acid groups (broad SMARTS) is 1. The van der Waals surface area contributed by atoms with Gasteiger partial charge in [-0.05, 0) is 13.5 Å². The predicted molar refractivity (Wildman–Crippen MR) is 62.7 cm³/mol. The maximum atomic E-state index is 11.2. The second-order valence-corrected chi connectivity index (χ2v) is 7.02. The molecule has 1 heterocycles. The van der Waals surface area contributed by atoms with Gasteiger partial charge in [0.25, 0.3) is 0 Å². The lowest BCUT2D eigenvalue weighted by Gasteiger charge is -2.28. The molecule has 0 spiro atoms. The van der Waals surface area contributed by atoms with E-state index in [-0.39, 0.29) is 12.4 Å². The number of ether oxygens (including phenoxy) is 1. The van der Waals surface area contributed by atoms with Crippen LogP contribution < -0.4 is 0 Å². The maximum absolute atomic E-state index is 11.2. The van der Waals surface area contributed by atoms with E-state index in [1.807, 2.05) is 0 Å². The minimum atomic E-state index is -3.01. The second kappa shape index (κ2) is 5.32. The molecule has 0 bridgehead atoms. The molecule has 0 aromatic rings. The van der Waals surface area contributed by atoms with E-state index in [1.54, 1.807) is 11.9 Å². The Morgan fingerprint density at radius 3 is 2.59 bits per heavy atom. The lowest BCUT2D eigenvalue weighted by Crippen LogP contribution is -2.43. The number of carbonyl (C=O) groups is 1. The summed E-state index contributed by atoms with van der Waals surface area (Å²) in [5.74, 6) is -0.832. The minimum absolute atomic E-state index is 0.0417. The van der Waals surface area contributed by atoms with Gasteiger partial charge in [-0.3, -0.25) is 4.79 Å². The van der Waals surface area contributed by atoms with Crippen LogP contribution in [0.2, 0.25) is 0 Å². The fourth-order valence-corrected chi connectivity index (χ4v) is 2.53. The third-order valence-corrected chi connectivity index (χ3v) is 3.90. The first-order chi connectivity index (χ1) is 7.75. The van der Waals surface area contributed by atoms with Gasteiger partial charge in [0, 0.05) is 26.0 Å². The van der Waals surface area contributed by atoms with Crippen LogP contribution in [0, 0.1) is 5.41 Å². The summed E-state index contributed by atoms with van der Waals surface area (Å²) in [6.07, 6.45) is 1.65. The van der Waals surface area contributed by atoms with E-state index in [2.05, 4.69) is 0 Å². The normalized spacial score (nSPS) is 25.4. The Morgan fingerprint density at radius 1 is 1.53 bits per heavy atom. The molecule has 0 aromatic carbocycles. The van der Waals surface area contributed by atoms with E-state index in [9.17, 15) is 18.3 Å². The molecular weight excluding hydrogens is 246 g/mol. The number of sulfone groups is 1. The Bertz CT molecular complexity index is 372. The number of hydrogen-bond acceptors (Lipinski definition) is 5. The average molecular weight is 265 g/mol. The number of carboxylic acids is 1. The van der Waals surface area contributed by atoms with Gasteiger partial charge in [0.05, 0.1) is 12.4 Å². The van der Waals surface area contributed by atoms with Gasteiger partial charge in [-0.25, -0.2) is 8.42 Å².